The average molecular weight is 219 g/mol. The van der Waals surface area contributed by atoms with Crippen LogP contribution in [0.2, 0.25) is 0 Å². The van der Waals surface area contributed by atoms with E-state index in [1.165, 1.54) is 6.07 Å². The van der Waals surface area contributed by atoms with Crippen LogP contribution < -0.4 is 4.90 Å². The standard InChI is InChI=1S/C13H14FNO/c1-2-8-15(11-6-7-11)13-10(9-16)4-3-5-12(13)14/h2-5,9,11H,1,6-8H2. The number of benzene rings is 1. The predicted octanol–water partition coefficient (Wildman–Crippen LogP) is 2.79. The molecular formula is C13H14FNO. The van der Waals surface area contributed by atoms with E-state index in [9.17, 15) is 9.18 Å². The number of para-hydroxylation sites is 1. The summed E-state index contributed by atoms with van der Waals surface area (Å²) in [6, 6.07) is 4.94. The number of hydrogen-bond acceptors (Lipinski definition) is 2. The van der Waals surface area contributed by atoms with Gasteiger partial charge in [-0.3, -0.25) is 4.79 Å². The average Bonchev–Trinajstić information content (AvgIpc) is 3.10. The zero-order valence-corrected chi connectivity index (χ0v) is 9.03. The Balaban J connectivity index is 2.41. The summed E-state index contributed by atoms with van der Waals surface area (Å²) in [5.74, 6) is -0.335. The first-order valence-electron chi connectivity index (χ1n) is 5.39. The molecule has 1 fully saturated rings. The fourth-order valence-corrected chi connectivity index (χ4v) is 1.88. The number of carbonyl (C=O) groups excluding carboxylic acids is 1. The Morgan fingerprint density at radius 2 is 2.25 bits per heavy atom. The van der Waals surface area contributed by atoms with Crippen LogP contribution in [0, 0.1) is 5.82 Å². The Kier molecular flexibility index (Phi) is 3.04. The molecule has 0 bridgehead atoms. The number of hydrogen-bond donors (Lipinski definition) is 0. The third-order valence-corrected chi connectivity index (χ3v) is 2.75. The van der Waals surface area contributed by atoms with Gasteiger partial charge in [0.05, 0.1) is 5.69 Å². The summed E-state index contributed by atoms with van der Waals surface area (Å²) in [5.41, 5.74) is 0.827. The highest BCUT2D eigenvalue weighted by atomic mass is 19.1. The molecule has 0 saturated heterocycles. The molecule has 0 aromatic heterocycles. The Bertz CT molecular complexity index is 412. The van der Waals surface area contributed by atoms with Crippen LogP contribution in [-0.4, -0.2) is 18.9 Å². The smallest absolute Gasteiger partial charge is 0.152 e. The molecule has 0 N–H and O–H groups in total. The topological polar surface area (TPSA) is 20.3 Å². The molecule has 3 heteroatoms. The van der Waals surface area contributed by atoms with Gasteiger partial charge < -0.3 is 4.90 Å². The summed E-state index contributed by atoms with van der Waals surface area (Å²) >= 11 is 0. The highest BCUT2D eigenvalue weighted by Crippen LogP contribution is 2.34. The van der Waals surface area contributed by atoms with Crippen LogP contribution in [0.15, 0.2) is 30.9 Å². The van der Waals surface area contributed by atoms with Crippen LogP contribution in [0.3, 0.4) is 0 Å². The third kappa shape index (κ3) is 1.98. The lowest BCUT2D eigenvalue weighted by Gasteiger charge is -2.24. The molecule has 0 unspecified atom stereocenters. The van der Waals surface area contributed by atoms with Crippen LogP contribution in [0.1, 0.15) is 23.2 Å². The molecule has 2 nitrogen and oxygen atoms in total. The molecule has 1 aliphatic carbocycles. The fourth-order valence-electron chi connectivity index (χ4n) is 1.88. The summed E-state index contributed by atoms with van der Waals surface area (Å²) in [6.07, 6.45) is 4.55. The van der Waals surface area contributed by atoms with E-state index >= 15 is 0 Å². The second-order valence-electron chi connectivity index (χ2n) is 3.97. The zero-order valence-electron chi connectivity index (χ0n) is 9.03. The van der Waals surface area contributed by atoms with Crippen molar-refractivity contribution >= 4 is 12.0 Å². The van der Waals surface area contributed by atoms with E-state index in [1.807, 2.05) is 4.90 Å². The first-order chi connectivity index (χ1) is 7.77. The zero-order chi connectivity index (χ0) is 11.5. The van der Waals surface area contributed by atoms with E-state index in [2.05, 4.69) is 6.58 Å². The first-order valence-corrected chi connectivity index (χ1v) is 5.39. The minimum atomic E-state index is -0.335. The second kappa shape index (κ2) is 4.47. The Morgan fingerprint density at radius 1 is 1.50 bits per heavy atom. The molecule has 16 heavy (non-hydrogen) atoms. The lowest BCUT2D eigenvalue weighted by Crippen LogP contribution is -2.27. The van der Waals surface area contributed by atoms with E-state index in [-0.39, 0.29) is 5.82 Å². The van der Waals surface area contributed by atoms with Crippen molar-refractivity contribution in [2.45, 2.75) is 18.9 Å². The normalized spacial score (nSPS) is 14.6. The lowest BCUT2D eigenvalue weighted by atomic mass is 10.1. The quantitative estimate of drug-likeness (QED) is 0.560. The first kappa shape index (κ1) is 10.9. The maximum Gasteiger partial charge on any atom is 0.152 e. The molecule has 0 radical (unpaired) electrons. The van der Waals surface area contributed by atoms with Crippen molar-refractivity contribution in [1.82, 2.24) is 0 Å². The van der Waals surface area contributed by atoms with Gasteiger partial charge in [-0.25, -0.2) is 4.39 Å². The maximum atomic E-state index is 13.8. The summed E-state index contributed by atoms with van der Waals surface area (Å²) in [4.78, 5) is 12.8. The van der Waals surface area contributed by atoms with E-state index in [4.69, 9.17) is 0 Å². The van der Waals surface area contributed by atoms with E-state index in [1.54, 1.807) is 18.2 Å². The molecule has 1 aromatic carbocycles. The molecule has 0 amide bonds. The van der Waals surface area contributed by atoms with Crippen molar-refractivity contribution < 1.29 is 9.18 Å². The summed E-state index contributed by atoms with van der Waals surface area (Å²) in [5, 5.41) is 0. The highest BCUT2D eigenvalue weighted by Gasteiger charge is 2.31. The van der Waals surface area contributed by atoms with Gasteiger partial charge >= 0.3 is 0 Å². The van der Waals surface area contributed by atoms with Crippen LogP contribution in [0.5, 0.6) is 0 Å². The molecule has 1 saturated carbocycles. The molecule has 1 aliphatic rings. The summed E-state index contributed by atoms with van der Waals surface area (Å²) < 4.78 is 13.8. The van der Waals surface area contributed by atoms with Gasteiger partial charge in [0, 0.05) is 18.2 Å². The molecule has 84 valence electrons. The second-order valence-corrected chi connectivity index (χ2v) is 3.97. The molecule has 2 rings (SSSR count). The third-order valence-electron chi connectivity index (χ3n) is 2.75. The largest absolute Gasteiger partial charge is 0.362 e. The maximum absolute atomic E-state index is 13.8. The van der Waals surface area contributed by atoms with E-state index in [0.29, 0.717) is 30.1 Å². The van der Waals surface area contributed by atoms with Crippen molar-refractivity contribution in [2.24, 2.45) is 0 Å². The monoisotopic (exact) mass is 219 g/mol. The number of aldehydes is 1. The highest BCUT2D eigenvalue weighted by molar-refractivity contribution is 5.85. The van der Waals surface area contributed by atoms with Gasteiger partial charge in [-0.1, -0.05) is 12.1 Å². The van der Waals surface area contributed by atoms with Crippen molar-refractivity contribution in [2.75, 3.05) is 11.4 Å². The fraction of sp³-hybridized carbons (Fsp3) is 0.308. The van der Waals surface area contributed by atoms with Crippen LogP contribution in [-0.2, 0) is 0 Å². The van der Waals surface area contributed by atoms with Gasteiger partial charge in [-0.15, -0.1) is 6.58 Å². The predicted molar refractivity (Wildman–Crippen MR) is 62.4 cm³/mol. The van der Waals surface area contributed by atoms with Crippen LogP contribution >= 0.6 is 0 Å². The summed E-state index contributed by atoms with van der Waals surface area (Å²) in [7, 11) is 0. The number of halogens is 1. The number of rotatable bonds is 5. The molecular weight excluding hydrogens is 205 g/mol. The van der Waals surface area contributed by atoms with Crippen molar-refractivity contribution in [3.8, 4) is 0 Å². The van der Waals surface area contributed by atoms with Gasteiger partial charge in [-0.2, -0.15) is 0 Å². The van der Waals surface area contributed by atoms with Gasteiger partial charge in [0.25, 0.3) is 0 Å². The van der Waals surface area contributed by atoms with Gasteiger partial charge in [0.1, 0.15) is 5.82 Å². The molecule has 0 heterocycles. The Morgan fingerprint density at radius 3 is 2.81 bits per heavy atom. The van der Waals surface area contributed by atoms with Gasteiger partial charge in [-0.05, 0) is 25.0 Å². The molecule has 1 aromatic rings. The van der Waals surface area contributed by atoms with E-state index in [0.717, 1.165) is 12.8 Å². The molecule has 0 aliphatic heterocycles. The minimum absolute atomic E-state index is 0.335. The summed E-state index contributed by atoms with van der Waals surface area (Å²) in [6.45, 7) is 4.24. The van der Waals surface area contributed by atoms with Crippen molar-refractivity contribution in [3.63, 3.8) is 0 Å². The molecule has 0 spiro atoms. The lowest BCUT2D eigenvalue weighted by molar-refractivity contribution is 0.112. The van der Waals surface area contributed by atoms with Crippen LogP contribution in [0.25, 0.3) is 0 Å². The number of carbonyl (C=O) groups is 1. The number of nitrogens with zero attached hydrogens (tertiary/aromatic N) is 1. The van der Waals surface area contributed by atoms with E-state index < -0.39 is 0 Å². The SMILES string of the molecule is C=CCN(c1c(F)cccc1C=O)C1CC1. The van der Waals surface area contributed by atoms with Crippen molar-refractivity contribution in [3.05, 3.63) is 42.2 Å². The van der Waals surface area contributed by atoms with Crippen molar-refractivity contribution in [1.29, 1.82) is 0 Å². The van der Waals surface area contributed by atoms with Crippen LogP contribution in [0.4, 0.5) is 10.1 Å². The number of anilines is 1. The molecule has 0 atom stereocenters. The minimum Gasteiger partial charge on any atom is -0.362 e. The Labute approximate surface area is 94.4 Å². The van der Waals surface area contributed by atoms with Gasteiger partial charge in [0.15, 0.2) is 6.29 Å². The van der Waals surface area contributed by atoms with Gasteiger partial charge in [0.2, 0.25) is 0 Å². The Hall–Kier alpha value is -1.64.